The molecule has 0 fully saturated rings. The maximum absolute atomic E-state index is 3.43. The first-order chi connectivity index (χ1) is 8.77. The summed E-state index contributed by atoms with van der Waals surface area (Å²) in [6, 6.07) is 10.8. The molecule has 1 aromatic rings. The number of nitrogens with one attached hydrogen (secondary N) is 1. The fourth-order valence-corrected chi connectivity index (χ4v) is 2.15. The van der Waals surface area contributed by atoms with Gasteiger partial charge in [-0.25, -0.2) is 0 Å². The summed E-state index contributed by atoms with van der Waals surface area (Å²) in [7, 11) is 0. The van der Waals surface area contributed by atoms with Gasteiger partial charge in [0.05, 0.1) is 0 Å². The van der Waals surface area contributed by atoms with Gasteiger partial charge in [0.15, 0.2) is 0 Å². The van der Waals surface area contributed by atoms with Crippen LogP contribution >= 0.6 is 0 Å². The van der Waals surface area contributed by atoms with Crippen LogP contribution in [0.15, 0.2) is 30.3 Å². The third kappa shape index (κ3) is 5.54. The Morgan fingerprint density at radius 1 is 1.17 bits per heavy atom. The predicted octanol–water partition coefficient (Wildman–Crippen LogP) is 3.54. The molecule has 2 nitrogen and oxygen atoms in total. The smallest absolute Gasteiger partial charge is 0.0366 e. The molecule has 1 atom stereocenters. The van der Waals surface area contributed by atoms with Gasteiger partial charge in [-0.05, 0) is 37.6 Å². The summed E-state index contributed by atoms with van der Waals surface area (Å²) >= 11 is 0. The minimum Gasteiger partial charge on any atom is -0.371 e. The zero-order valence-corrected chi connectivity index (χ0v) is 12.2. The fourth-order valence-electron chi connectivity index (χ4n) is 2.15. The molecule has 0 radical (unpaired) electrons. The van der Waals surface area contributed by atoms with E-state index in [9.17, 15) is 0 Å². The molecule has 0 aliphatic carbocycles. The van der Waals surface area contributed by atoms with Crippen molar-refractivity contribution in [2.75, 3.05) is 31.1 Å². The van der Waals surface area contributed by atoms with E-state index in [0.717, 1.165) is 26.2 Å². The average molecular weight is 248 g/mol. The highest BCUT2D eigenvalue weighted by molar-refractivity contribution is 5.45. The van der Waals surface area contributed by atoms with Crippen molar-refractivity contribution >= 4 is 5.69 Å². The highest BCUT2D eigenvalue weighted by Crippen LogP contribution is 2.15. The average Bonchev–Trinajstić information content (AvgIpc) is 2.42. The van der Waals surface area contributed by atoms with Crippen molar-refractivity contribution in [2.45, 2.75) is 33.6 Å². The van der Waals surface area contributed by atoms with E-state index >= 15 is 0 Å². The molecular weight excluding hydrogens is 220 g/mol. The van der Waals surface area contributed by atoms with Crippen LogP contribution in [0.3, 0.4) is 0 Å². The van der Waals surface area contributed by atoms with Gasteiger partial charge in [0, 0.05) is 18.8 Å². The van der Waals surface area contributed by atoms with Crippen molar-refractivity contribution in [1.29, 1.82) is 0 Å². The number of unbranched alkanes of at least 4 members (excludes halogenated alkanes) is 1. The Kier molecular flexibility index (Phi) is 7.51. The third-order valence-corrected chi connectivity index (χ3v) is 3.18. The molecule has 1 rings (SSSR count). The van der Waals surface area contributed by atoms with E-state index in [2.05, 4.69) is 61.3 Å². The molecule has 2 heteroatoms. The van der Waals surface area contributed by atoms with E-state index in [-0.39, 0.29) is 0 Å². The molecule has 102 valence electrons. The molecule has 0 aliphatic heterocycles. The lowest BCUT2D eigenvalue weighted by Gasteiger charge is -2.28. The van der Waals surface area contributed by atoms with Gasteiger partial charge in [-0.2, -0.15) is 0 Å². The van der Waals surface area contributed by atoms with Crippen molar-refractivity contribution in [1.82, 2.24) is 5.32 Å². The number of nitrogens with zero attached hydrogens (tertiary/aromatic N) is 1. The number of rotatable bonds is 9. The first kappa shape index (κ1) is 15.0. The van der Waals surface area contributed by atoms with Crippen LogP contribution in [-0.2, 0) is 0 Å². The minimum absolute atomic E-state index is 0.682. The molecule has 0 bridgehead atoms. The third-order valence-electron chi connectivity index (χ3n) is 3.18. The van der Waals surface area contributed by atoms with Crippen LogP contribution in [0, 0.1) is 5.92 Å². The second-order valence-corrected chi connectivity index (χ2v) is 5.05. The van der Waals surface area contributed by atoms with Gasteiger partial charge in [0.1, 0.15) is 0 Å². The summed E-state index contributed by atoms with van der Waals surface area (Å²) < 4.78 is 0. The molecule has 0 spiro atoms. The van der Waals surface area contributed by atoms with Crippen LogP contribution in [0.4, 0.5) is 5.69 Å². The molecule has 0 saturated carbocycles. The quantitative estimate of drug-likeness (QED) is 0.719. The van der Waals surface area contributed by atoms with Crippen LogP contribution < -0.4 is 10.2 Å². The van der Waals surface area contributed by atoms with Crippen molar-refractivity contribution in [3.63, 3.8) is 0 Å². The number of hydrogen-bond acceptors (Lipinski definition) is 2. The predicted molar refractivity (Wildman–Crippen MR) is 81.3 cm³/mol. The number of anilines is 1. The zero-order valence-electron chi connectivity index (χ0n) is 12.2. The summed E-state index contributed by atoms with van der Waals surface area (Å²) in [5.41, 5.74) is 1.36. The van der Waals surface area contributed by atoms with Crippen LogP contribution in [0.5, 0.6) is 0 Å². The summed E-state index contributed by atoms with van der Waals surface area (Å²) in [6.45, 7) is 11.2. The number of para-hydroxylation sites is 1. The number of hydrogen-bond donors (Lipinski definition) is 1. The second-order valence-electron chi connectivity index (χ2n) is 5.05. The Labute approximate surface area is 112 Å². The van der Waals surface area contributed by atoms with Gasteiger partial charge in [-0.1, -0.05) is 45.4 Å². The number of benzene rings is 1. The first-order valence-corrected chi connectivity index (χ1v) is 7.28. The highest BCUT2D eigenvalue weighted by atomic mass is 15.1. The van der Waals surface area contributed by atoms with Gasteiger partial charge in [-0.15, -0.1) is 0 Å². The fraction of sp³-hybridized carbons (Fsp3) is 0.625. The lowest BCUT2D eigenvalue weighted by molar-refractivity contribution is 0.508. The monoisotopic (exact) mass is 248 g/mol. The van der Waals surface area contributed by atoms with Crippen molar-refractivity contribution in [3.05, 3.63) is 30.3 Å². The Hall–Kier alpha value is -1.02. The lowest BCUT2D eigenvalue weighted by atomic mass is 10.1. The zero-order chi connectivity index (χ0) is 13.2. The molecule has 0 aliphatic rings. The Bertz CT molecular complexity index is 297. The second kappa shape index (κ2) is 8.98. The van der Waals surface area contributed by atoms with E-state index in [0.29, 0.717) is 5.92 Å². The summed E-state index contributed by atoms with van der Waals surface area (Å²) in [5.74, 6) is 0.682. The van der Waals surface area contributed by atoms with E-state index in [1.54, 1.807) is 0 Å². The van der Waals surface area contributed by atoms with E-state index in [1.165, 1.54) is 18.5 Å². The molecule has 1 N–H and O–H groups in total. The summed E-state index contributed by atoms with van der Waals surface area (Å²) in [4.78, 5) is 2.52. The van der Waals surface area contributed by atoms with E-state index in [1.807, 2.05) is 0 Å². The first-order valence-electron chi connectivity index (χ1n) is 7.28. The van der Waals surface area contributed by atoms with Gasteiger partial charge in [0.25, 0.3) is 0 Å². The van der Waals surface area contributed by atoms with Gasteiger partial charge in [0.2, 0.25) is 0 Å². The van der Waals surface area contributed by atoms with Gasteiger partial charge in [-0.3, -0.25) is 0 Å². The molecule has 0 aromatic heterocycles. The lowest BCUT2D eigenvalue weighted by Crippen LogP contribution is -2.34. The Morgan fingerprint density at radius 2 is 1.89 bits per heavy atom. The van der Waals surface area contributed by atoms with Gasteiger partial charge >= 0.3 is 0 Å². The van der Waals surface area contributed by atoms with Crippen LogP contribution in [0.2, 0.25) is 0 Å². The highest BCUT2D eigenvalue weighted by Gasteiger charge is 2.10. The minimum atomic E-state index is 0.682. The SMILES string of the molecule is CCCCN(CC(C)CNCC)c1ccccc1. The van der Waals surface area contributed by atoms with Crippen LogP contribution in [-0.4, -0.2) is 26.2 Å². The van der Waals surface area contributed by atoms with Crippen molar-refractivity contribution < 1.29 is 0 Å². The van der Waals surface area contributed by atoms with Crippen LogP contribution in [0.25, 0.3) is 0 Å². The van der Waals surface area contributed by atoms with Gasteiger partial charge < -0.3 is 10.2 Å². The molecule has 0 amide bonds. The maximum atomic E-state index is 3.43. The molecule has 0 heterocycles. The molecular formula is C16H28N2. The van der Waals surface area contributed by atoms with E-state index in [4.69, 9.17) is 0 Å². The molecule has 1 aromatic carbocycles. The molecule has 1 unspecified atom stereocenters. The topological polar surface area (TPSA) is 15.3 Å². The van der Waals surface area contributed by atoms with Crippen molar-refractivity contribution in [3.8, 4) is 0 Å². The Balaban J connectivity index is 2.55. The van der Waals surface area contributed by atoms with Crippen LogP contribution in [0.1, 0.15) is 33.6 Å². The van der Waals surface area contributed by atoms with Crippen molar-refractivity contribution in [2.24, 2.45) is 5.92 Å². The summed E-state index contributed by atoms with van der Waals surface area (Å²) in [5, 5.41) is 3.43. The maximum Gasteiger partial charge on any atom is 0.0366 e. The molecule has 18 heavy (non-hydrogen) atoms. The Morgan fingerprint density at radius 3 is 2.50 bits per heavy atom. The normalized spacial score (nSPS) is 12.4. The molecule has 0 saturated heterocycles. The van der Waals surface area contributed by atoms with E-state index < -0.39 is 0 Å². The standard InChI is InChI=1S/C16H28N2/c1-4-6-12-18(14-15(3)13-17-5-2)16-10-8-7-9-11-16/h7-11,15,17H,4-6,12-14H2,1-3H3. The summed E-state index contributed by atoms with van der Waals surface area (Å²) in [6.07, 6.45) is 2.52. The largest absolute Gasteiger partial charge is 0.371 e.